The molecular weight excluding hydrogens is 120 g/mol. The third-order valence-corrected chi connectivity index (χ3v) is 1.59. The lowest BCUT2D eigenvalue weighted by Crippen LogP contribution is -1.94. The summed E-state index contributed by atoms with van der Waals surface area (Å²) in [4.78, 5) is 0. The number of hydrogen-bond donors (Lipinski definition) is 0. The molecule has 56 valence electrons. The van der Waals surface area contributed by atoms with E-state index in [2.05, 4.69) is 31.9 Å². The molecule has 0 nitrogen and oxygen atoms in total. The second-order valence-corrected chi connectivity index (χ2v) is 2.26. The fourth-order valence-electron chi connectivity index (χ4n) is 1.04. The van der Waals surface area contributed by atoms with Crippen LogP contribution in [0.5, 0.6) is 0 Å². The predicted molar refractivity (Wildman–Crippen MR) is 47.9 cm³/mol. The molecule has 0 aromatic heterocycles. The molecule has 1 aliphatic carbocycles. The molecule has 0 heterocycles. The van der Waals surface area contributed by atoms with Crippen molar-refractivity contribution in [2.24, 2.45) is 5.92 Å². The molecule has 0 radical (unpaired) electrons. The maximum Gasteiger partial charge on any atom is -0.00561 e. The van der Waals surface area contributed by atoms with Gasteiger partial charge in [0.05, 0.1) is 0 Å². The SMILES string of the molecule is C=C.C=CC1C=CCCC1. The van der Waals surface area contributed by atoms with Crippen LogP contribution in [-0.4, -0.2) is 0 Å². The second-order valence-electron chi connectivity index (χ2n) is 2.26. The first kappa shape index (κ1) is 9.22. The quantitative estimate of drug-likeness (QED) is 0.485. The summed E-state index contributed by atoms with van der Waals surface area (Å²) in [5, 5.41) is 0. The van der Waals surface area contributed by atoms with Crippen LogP contribution in [0.1, 0.15) is 19.3 Å². The van der Waals surface area contributed by atoms with E-state index < -0.39 is 0 Å². The molecule has 0 amide bonds. The summed E-state index contributed by atoms with van der Waals surface area (Å²) in [6, 6.07) is 0. The molecule has 0 N–H and O–H groups in total. The zero-order valence-corrected chi connectivity index (χ0v) is 6.55. The first-order valence-corrected chi connectivity index (χ1v) is 3.72. The molecule has 0 aromatic carbocycles. The number of rotatable bonds is 1. The van der Waals surface area contributed by atoms with E-state index in [9.17, 15) is 0 Å². The van der Waals surface area contributed by atoms with E-state index in [4.69, 9.17) is 0 Å². The monoisotopic (exact) mass is 136 g/mol. The highest BCUT2D eigenvalue weighted by atomic mass is 14.1. The number of hydrogen-bond acceptors (Lipinski definition) is 0. The molecule has 1 rings (SSSR count). The van der Waals surface area contributed by atoms with Gasteiger partial charge in [-0.05, 0) is 25.2 Å². The van der Waals surface area contributed by atoms with Gasteiger partial charge in [-0.15, -0.1) is 19.7 Å². The van der Waals surface area contributed by atoms with E-state index in [0.717, 1.165) is 0 Å². The summed E-state index contributed by atoms with van der Waals surface area (Å²) >= 11 is 0. The Bertz CT molecular complexity index is 111. The Morgan fingerprint density at radius 3 is 2.40 bits per heavy atom. The minimum absolute atomic E-state index is 0.670. The van der Waals surface area contributed by atoms with Crippen LogP contribution in [0.3, 0.4) is 0 Å². The van der Waals surface area contributed by atoms with E-state index in [1.807, 2.05) is 6.08 Å². The lowest BCUT2D eigenvalue weighted by Gasteiger charge is -2.09. The van der Waals surface area contributed by atoms with Crippen molar-refractivity contribution in [2.75, 3.05) is 0 Å². The highest BCUT2D eigenvalue weighted by Gasteiger charge is 2.01. The molecule has 0 bridgehead atoms. The van der Waals surface area contributed by atoms with Crippen LogP contribution < -0.4 is 0 Å². The topological polar surface area (TPSA) is 0 Å². The molecule has 1 unspecified atom stereocenters. The average molecular weight is 136 g/mol. The van der Waals surface area contributed by atoms with Gasteiger partial charge in [0.25, 0.3) is 0 Å². The first-order valence-electron chi connectivity index (χ1n) is 3.72. The van der Waals surface area contributed by atoms with Gasteiger partial charge >= 0.3 is 0 Å². The molecule has 0 aromatic rings. The van der Waals surface area contributed by atoms with Gasteiger partial charge in [-0.1, -0.05) is 18.2 Å². The van der Waals surface area contributed by atoms with E-state index in [1.54, 1.807) is 0 Å². The van der Waals surface area contributed by atoms with Crippen LogP contribution in [0.4, 0.5) is 0 Å². The van der Waals surface area contributed by atoms with Crippen LogP contribution in [0.25, 0.3) is 0 Å². The maximum absolute atomic E-state index is 3.73. The van der Waals surface area contributed by atoms with Gasteiger partial charge in [-0.3, -0.25) is 0 Å². The highest BCUT2D eigenvalue weighted by Crippen LogP contribution is 2.16. The van der Waals surface area contributed by atoms with Crippen molar-refractivity contribution in [3.8, 4) is 0 Å². The number of allylic oxidation sites excluding steroid dienone is 3. The second kappa shape index (κ2) is 6.34. The molecule has 10 heavy (non-hydrogen) atoms. The average Bonchev–Trinajstić information content (AvgIpc) is 2.10. The summed E-state index contributed by atoms with van der Waals surface area (Å²) in [7, 11) is 0. The fraction of sp³-hybridized carbons (Fsp3) is 0.400. The van der Waals surface area contributed by atoms with Crippen LogP contribution in [-0.2, 0) is 0 Å². The van der Waals surface area contributed by atoms with Gasteiger partial charge in [-0.2, -0.15) is 0 Å². The van der Waals surface area contributed by atoms with Gasteiger partial charge in [0, 0.05) is 0 Å². The molecule has 1 aliphatic rings. The van der Waals surface area contributed by atoms with E-state index >= 15 is 0 Å². The van der Waals surface area contributed by atoms with Crippen molar-refractivity contribution in [1.29, 1.82) is 0 Å². The van der Waals surface area contributed by atoms with Crippen molar-refractivity contribution < 1.29 is 0 Å². The molecule has 0 saturated carbocycles. The first-order chi connectivity index (χ1) is 4.93. The van der Waals surface area contributed by atoms with Crippen LogP contribution in [0, 0.1) is 5.92 Å². The Balaban J connectivity index is 0.000000371. The van der Waals surface area contributed by atoms with Gasteiger partial charge in [0.15, 0.2) is 0 Å². The maximum atomic E-state index is 3.73. The Morgan fingerprint density at radius 2 is 2.10 bits per heavy atom. The van der Waals surface area contributed by atoms with Crippen molar-refractivity contribution in [1.82, 2.24) is 0 Å². The van der Waals surface area contributed by atoms with Crippen molar-refractivity contribution in [2.45, 2.75) is 19.3 Å². The van der Waals surface area contributed by atoms with E-state index in [1.165, 1.54) is 19.3 Å². The standard InChI is InChI=1S/C8H12.C2H4/c1-2-8-6-4-3-5-7-8;1-2/h2,4,6,8H,1,3,5,7H2;1-2H2. The van der Waals surface area contributed by atoms with Crippen LogP contribution in [0.15, 0.2) is 38.0 Å². The summed E-state index contributed by atoms with van der Waals surface area (Å²) in [5.41, 5.74) is 0. The smallest absolute Gasteiger partial charge is 0.00561 e. The largest absolute Gasteiger partial charge is 0.106 e. The Kier molecular flexibility index (Phi) is 5.85. The molecule has 0 aliphatic heterocycles. The third kappa shape index (κ3) is 3.29. The zero-order chi connectivity index (χ0) is 7.82. The van der Waals surface area contributed by atoms with Crippen molar-refractivity contribution >= 4 is 0 Å². The lowest BCUT2D eigenvalue weighted by molar-refractivity contribution is 0.632. The Hall–Kier alpha value is -0.780. The molecule has 0 spiro atoms. The predicted octanol–water partition coefficient (Wildman–Crippen LogP) is 3.33. The Labute approximate surface area is 64.0 Å². The molecular formula is C10H16. The van der Waals surface area contributed by atoms with Crippen molar-refractivity contribution in [3.63, 3.8) is 0 Å². The summed E-state index contributed by atoms with van der Waals surface area (Å²) in [6.07, 6.45) is 10.4. The van der Waals surface area contributed by atoms with Gasteiger partial charge in [0.1, 0.15) is 0 Å². The Morgan fingerprint density at radius 1 is 1.40 bits per heavy atom. The summed E-state index contributed by atoms with van der Waals surface area (Å²) in [6.45, 7) is 9.73. The van der Waals surface area contributed by atoms with E-state index in [0.29, 0.717) is 5.92 Å². The van der Waals surface area contributed by atoms with Gasteiger partial charge in [-0.25, -0.2) is 0 Å². The minimum Gasteiger partial charge on any atom is -0.106 e. The summed E-state index contributed by atoms with van der Waals surface area (Å²) < 4.78 is 0. The normalized spacial score (nSPS) is 22.6. The third-order valence-electron chi connectivity index (χ3n) is 1.59. The highest BCUT2D eigenvalue weighted by molar-refractivity contribution is 5.00. The van der Waals surface area contributed by atoms with Crippen LogP contribution in [0.2, 0.25) is 0 Å². The van der Waals surface area contributed by atoms with E-state index in [-0.39, 0.29) is 0 Å². The molecule has 1 atom stereocenters. The molecule has 0 heteroatoms. The van der Waals surface area contributed by atoms with Crippen molar-refractivity contribution in [3.05, 3.63) is 38.0 Å². The summed E-state index contributed by atoms with van der Waals surface area (Å²) in [5.74, 6) is 0.670. The molecule has 0 fully saturated rings. The van der Waals surface area contributed by atoms with Gasteiger partial charge < -0.3 is 0 Å². The molecule has 0 saturated heterocycles. The minimum atomic E-state index is 0.670. The lowest BCUT2D eigenvalue weighted by atomic mass is 9.96. The zero-order valence-electron chi connectivity index (χ0n) is 6.55. The van der Waals surface area contributed by atoms with Gasteiger partial charge in [0.2, 0.25) is 0 Å². The van der Waals surface area contributed by atoms with Crippen LogP contribution >= 0.6 is 0 Å². The fourth-order valence-corrected chi connectivity index (χ4v) is 1.04.